The summed E-state index contributed by atoms with van der Waals surface area (Å²) in [6, 6.07) is 14.0. The minimum Gasteiger partial charge on any atom is -0.493 e. The van der Waals surface area contributed by atoms with Gasteiger partial charge in [-0.1, -0.05) is 31.2 Å². The van der Waals surface area contributed by atoms with Crippen LogP contribution in [0.2, 0.25) is 0 Å². The van der Waals surface area contributed by atoms with Crippen LogP contribution in [0.5, 0.6) is 5.75 Å². The molecule has 0 aliphatic carbocycles. The third kappa shape index (κ3) is 4.07. The monoisotopic (exact) mass is 362 g/mol. The molecule has 2 aromatic carbocycles. The van der Waals surface area contributed by atoms with Crippen LogP contribution in [0.15, 0.2) is 57.7 Å². The maximum absolute atomic E-state index is 12.4. The summed E-state index contributed by atoms with van der Waals surface area (Å²) in [7, 11) is 0. The van der Waals surface area contributed by atoms with Gasteiger partial charge in [-0.3, -0.25) is 0 Å². The van der Waals surface area contributed by atoms with E-state index in [2.05, 4.69) is 0 Å². The molecule has 0 aliphatic heterocycles. The topological polar surface area (TPSA) is 39.4 Å². The Hall–Kier alpha value is -2.76. The van der Waals surface area contributed by atoms with Gasteiger partial charge in [-0.05, 0) is 35.7 Å². The predicted molar refractivity (Wildman–Crippen MR) is 93.5 cm³/mol. The SMILES string of the molecule is CCc1ccccc1-c1cc2ccc(OCCC(F)(F)F)cc2oc1=O. The van der Waals surface area contributed by atoms with Crippen LogP contribution in [0.1, 0.15) is 18.9 Å². The zero-order chi connectivity index (χ0) is 18.7. The van der Waals surface area contributed by atoms with E-state index in [1.807, 2.05) is 31.2 Å². The first-order valence-corrected chi connectivity index (χ1v) is 8.23. The Bertz CT molecular complexity index is 974. The second kappa shape index (κ2) is 7.23. The van der Waals surface area contributed by atoms with E-state index in [0.29, 0.717) is 10.9 Å². The smallest absolute Gasteiger partial charge is 0.392 e. The van der Waals surface area contributed by atoms with Gasteiger partial charge >= 0.3 is 11.8 Å². The van der Waals surface area contributed by atoms with E-state index in [1.165, 1.54) is 6.07 Å². The molecule has 1 heterocycles. The number of alkyl halides is 3. The highest BCUT2D eigenvalue weighted by Gasteiger charge is 2.26. The predicted octanol–water partition coefficient (Wildman–Crippen LogP) is 5.35. The molecule has 0 radical (unpaired) electrons. The number of hydrogen-bond acceptors (Lipinski definition) is 3. The van der Waals surface area contributed by atoms with Crippen LogP contribution in [0.4, 0.5) is 13.2 Å². The zero-order valence-electron chi connectivity index (χ0n) is 14.1. The number of benzene rings is 2. The van der Waals surface area contributed by atoms with Crippen molar-refractivity contribution >= 4 is 11.0 Å². The van der Waals surface area contributed by atoms with Gasteiger partial charge in [0.15, 0.2) is 0 Å². The van der Waals surface area contributed by atoms with Gasteiger partial charge in [-0.25, -0.2) is 4.79 Å². The molecule has 0 saturated carbocycles. The van der Waals surface area contributed by atoms with Crippen molar-refractivity contribution in [2.24, 2.45) is 0 Å². The van der Waals surface area contributed by atoms with Gasteiger partial charge in [0.25, 0.3) is 0 Å². The molecule has 3 rings (SSSR count). The van der Waals surface area contributed by atoms with Gasteiger partial charge in [0.2, 0.25) is 0 Å². The number of rotatable bonds is 5. The van der Waals surface area contributed by atoms with E-state index >= 15 is 0 Å². The van der Waals surface area contributed by atoms with Crippen LogP contribution in [0.3, 0.4) is 0 Å². The molecule has 0 saturated heterocycles. The molecule has 0 unspecified atom stereocenters. The fourth-order valence-corrected chi connectivity index (χ4v) is 2.75. The average Bonchev–Trinajstić information content (AvgIpc) is 2.60. The lowest BCUT2D eigenvalue weighted by Gasteiger charge is -2.10. The highest BCUT2D eigenvalue weighted by molar-refractivity contribution is 5.83. The lowest BCUT2D eigenvalue weighted by Crippen LogP contribution is -2.13. The molecular formula is C20H17F3O3. The molecule has 3 nitrogen and oxygen atoms in total. The number of hydrogen-bond donors (Lipinski definition) is 0. The van der Waals surface area contributed by atoms with Crippen molar-refractivity contribution in [1.29, 1.82) is 0 Å². The van der Waals surface area contributed by atoms with E-state index in [9.17, 15) is 18.0 Å². The maximum atomic E-state index is 12.4. The molecule has 136 valence electrons. The standard InChI is InChI=1S/C20H17F3O3/c1-2-13-5-3-4-6-16(13)17-11-14-7-8-15(12-18(14)26-19(17)24)25-10-9-20(21,22)23/h3-8,11-12H,2,9-10H2,1H3. The van der Waals surface area contributed by atoms with Crippen LogP contribution in [-0.4, -0.2) is 12.8 Å². The number of halogens is 3. The molecule has 0 spiro atoms. The van der Waals surface area contributed by atoms with Crippen LogP contribution in [0, 0.1) is 0 Å². The van der Waals surface area contributed by atoms with E-state index in [1.54, 1.807) is 18.2 Å². The second-order valence-electron chi connectivity index (χ2n) is 5.87. The quantitative estimate of drug-likeness (QED) is 0.574. The van der Waals surface area contributed by atoms with Crippen LogP contribution in [0.25, 0.3) is 22.1 Å². The minimum absolute atomic E-state index is 0.228. The molecule has 0 atom stereocenters. The summed E-state index contributed by atoms with van der Waals surface area (Å²) in [6.45, 7) is 1.52. The maximum Gasteiger partial charge on any atom is 0.392 e. The molecule has 0 aliphatic rings. The van der Waals surface area contributed by atoms with Crippen LogP contribution < -0.4 is 10.4 Å². The Morgan fingerprint density at radius 1 is 1.04 bits per heavy atom. The summed E-state index contributed by atoms with van der Waals surface area (Å²) >= 11 is 0. The lowest BCUT2D eigenvalue weighted by molar-refractivity contribution is -0.139. The summed E-state index contributed by atoms with van der Waals surface area (Å²) < 4.78 is 47.1. The molecule has 0 bridgehead atoms. The van der Waals surface area contributed by atoms with E-state index in [4.69, 9.17) is 9.15 Å². The fourth-order valence-electron chi connectivity index (χ4n) is 2.75. The van der Waals surface area contributed by atoms with E-state index in [-0.39, 0.29) is 11.3 Å². The summed E-state index contributed by atoms with van der Waals surface area (Å²) in [5.74, 6) is 0.228. The summed E-state index contributed by atoms with van der Waals surface area (Å²) in [5, 5.41) is 0.675. The van der Waals surface area contributed by atoms with Crippen molar-refractivity contribution in [2.75, 3.05) is 6.61 Å². The molecule has 0 fully saturated rings. The van der Waals surface area contributed by atoms with Gasteiger partial charge in [-0.2, -0.15) is 13.2 Å². The van der Waals surface area contributed by atoms with Gasteiger partial charge in [0.1, 0.15) is 11.3 Å². The summed E-state index contributed by atoms with van der Waals surface area (Å²) in [5.41, 5.74) is 2.09. The van der Waals surface area contributed by atoms with E-state index < -0.39 is 24.8 Å². The molecule has 26 heavy (non-hydrogen) atoms. The van der Waals surface area contributed by atoms with Crippen molar-refractivity contribution in [2.45, 2.75) is 25.9 Å². The van der Waals surface area contributed by atoms with Crippen molar-refractivity contribution in [3.05, 3.63) is 64.5 Å². The summed E-state index contributed by atoms with van der Waals surface area (Å²) in [4.78, 5) is 12.4. The van der Waals surface area contributed by atoms with Crippen molar-refractivity contribution in [3.8, 4) is 16.9 Å². The Balaban J connectivity index is 1.93. The number of fused-ring (bicyclic) bond motifs is 1. The fraction of sp³-hybridized carbons (Fsp3) is 0.250. The lowest BCUT2D eigenvalue weighted by atomic mass is 9.99. The van der Waals surface area contributed by atoms with E-state index in [0.717, 1.165) is 17.5 Å². The molecule has 0 amide bonds. The Kier molecular flexibility index (Phi) is 5.02. The van der Waals surface area contributed by atoms with Crippen molar-refractivity contribution in [3.63, 3.8) is 0 Å². The van der Waals surface area contributed by atoms with Gasteiger partial charge in [-0.15, -0.1) is 0 Å². The molecule has 1 aromatic heterocycles. The van der Waals surface area contributed by atoms with Gasteiger partial charge < -0.3 is 9.15 Å². The minimum atomic E-state index is -4.27. The number of ether oxygens (including phenoxy) is 1. The average molecular weight is 362 g/mol. The first-order valence-electron chi connectivity index (χ1n) is 8.23. The van der Waals surface area contributed by atoms with Crippen molar-refractivity contribution in [1.82, 2.24) is 0 Å². The van der Waals surface area contributed by atoms with Gasteiger partial charge in [0.05, 0.1) is 18.6 Å². The normalized spacial score (nSPS) is 11.7. The van der Waals surface area contributed by atoms with Gasteiger partial charge in [0, 0.05) is 11.5 Å². The first kappa shape index (κ1) is 18.0. The molecule has 0 N–H and O–H groups in total. The highest BCUT2D eigenvalue weighted by Crippen LogP contribution is 2.27. The first-order chi connectivity index (χ1) is 12.4. The third-order valence-corrected chi connectivity index (χ3v) is 4.05. The van der Waals surface area contributed by atoms with Crippen LogP contribution >= 0.6 is 0 Å². The molecular weight excluding hydrogens is 345 g/mol. The summed E-state index contributed by atoms with van der Waals surface area (Å²) in [6.07, 6.45) is -4.54. The van der Waals surface area contributed by atoms with Crippen molar-refractivity contribution < 1.29 is 22.3 Å². The Morgan fingerprint density at radius 3 is 2.54 bits per heavy atom. The third-order valence-electron chi connectivity index (χ3n) is 4.05. The Labute approximate surface area is 148 Å². The zero-order valence-corrected chi connectivity index (χ0v) is 14.1. The second-order valence-corrected chi connectivity index (χ2v) is 5.87. The van der Waals surface area contributed by atoms with Crippen LogP contribution in [-0.2, 0) is 6.42 Å². The Morgan fingerprint density at radius 2 is 1.81 bits per heavy atom. The number of aryl methyl sites for hydroxylation is 1. The largest absolute Gasteiger partial charge is 0.493 e. The molecule has 6 heteroatoms. The molecule has 3 aromatic rings. The highest BCUT2D eigenvalue weighted by atomic mass is 19.4.